The van der Waals surface area contributed by atoms with Crippen LogP contribution in [0.3, 0.4) is 0 Å². The molecule has 0 amide bonds. The normalized spacial score (nSPS) is 12.4. The van der Waals surface area contributed by atoms with Gasteiger partial charge in [-0.25, -0.2) is 13.2 Å². The quantitative estimate of drug-likeness (QED) is 0.249. The third-order valence-corrected chi connectivity index (χ3v) is 9.08. The van der Waals surface area contributed by atoms with Gasteiger partial charge in [0, 0.05) is 21.7 Å². The van der Waals surface area contributed by atoms with E-state index in [9.17, 15) is 26.4 Å². The van der Waals surface area contributed by atoms with E-state index in [4.69, 9.17) is 0 Å². The average Bonchev–Trinajstić information content (AvgIpc) is 3.05. The molecule has 1 aromatic carbocycles. The largest absolute Gasteiger partial charge is 0.411 e. The lowest BCUT2D eigenvalue weighted by Gasteiger charge is -2.16. The summed E-state index contributed by atoms with van der Waals surface area (Å²) in [6.07, 6.45) is -3.34. The molecule has 0 radical (unpaired) electrons. The Morgan fingerprint density at radius 1 is 1.21 bits per heavy atom. The van der Waals surface area contributed by atoms with E-state index in [2.05, 4.69) is 30.4 Å². The van der Waals surface area contributed by atoms with Crippen molar-refractivity contribution in [3.63, 3.8) is 0 Å². The number of hydrogen-bond donors (Lipinski definition) is 1. The van der Waals surface area contributed by atoms with Crippen LogP contribution in [-0.2, 0) is 14.8 Å². The highest BCUT2D eigenvalue weighted by Gasteiger charge is 2.28. The molecule has 0 spiro atoms. The maximum Gasteiger partial charge on any atom is 0.411 e. The number of nitrogens with one attached hydrogen (secondary N) is 1. The van der Waals surface area contributed by atoms with Crippen LogP contribution >= 0.6 is 39.0 Å². The molecule has 0 atom stereocenters. The van der Waals surface area contributed by atoms with Gasteiger partial charge < -0.3 is 4.74 Å². The summed E-state index contributed by atoms with van der Waals surface area (Å²) in [4.78, 5) is 17.4. The van der Waals surface area contributed by atoms with E-state index in [-0.39, 0.29) is 17.3 Å². The zero-order chi connectivity index (χ0) is 25.1. The topological polar surface area (TPSA) is 90.3 Å². The summed E-state index contributed by atoms with van der Waals surface area (Å²) in [5, 5.41) is 0. The van der Waals surface area contributed by atoms with Crippen molar-refractivity contribution in [1.29, 1.82) is 0 Å². The Bertz CT molecular complexity index is 1280. The van der Waals surface area contributed by atoms with Gasteiger partial charge in [-0.1, -0.05) is 15.9 Å². The molecule has 34 heavy (non-hydrogen) atoms. The fraction of sp³-hybridized carbons (Fsp3) is 0.400. The second-order valence-corrected chi connectivity index (χ2v) is 12.4. The fourth-order valence-corrected chi connectivity index (χ4v) is 6.74. The van der Waals surface area contributed by atoms with Gasteiger partial charge in [-0.15, -0.1) is 23.1 Å². The Kier molecular flexibility index (Phi) is 8.71. The molecule has 0 aliphatic carbocycles. The molecule has 0 saturated heterocycles. The third-order valence-electron chi connectivity index (χ3n) is 4.67. The maximum absolute atomic E-state index is 12.9. The van der Waals surface area contributed by atoms with Crippen molar-refractivity contribution in [3.05, 3.63) is 49.8 Å². The third kappa shape index (κ3) is 6.74. The lowest BCUT2D eigenvalue weighted by atomic mass is 10.4. The van der Waals surface area contributed by atoms with Gasteiger partial charge in [-0.05, 0) is 56.7 Å². The first-order valence-electron chi connectivity index (χ1n) is 9.97. The van der Waals surface area contributed by atoms with Crippen LogP contribution in [0.1, 0.15) is 23.4 Å². The van der Waals surface area contributed by atoms with Gasteiger partial charge in [0.1, 0.15) is 12.3 Å². The number of alkyl halides is 3. The zero-order valence-electron chi connectivity index (χ0n) is 18.1. The summed E-state index contributed by atoms with van der Waals surface area (Å²) in [6, 6.07) is 6.04. The highest BCUT2D eigenvalue weighted by Crippen LogP contribution is 2.38. The molecule has 0 saturated carbocycles. The first-order chi connectivity index (χ1) is 15.9. The van der Waals surface area contributed by atoms with E-state index >= 15 is 0 Å². The number of aromatic nitrogens is 2. The maximum atomic E-state index is 12.9. The van der Waals surface area contributed by atoms with Crippen molar-refractivity contribution in [3.8, 4) is 5.69 Å². The van der Waals surface area contributed by atoms with Crippen LogP contribution in [0.4, 0.5) is 19.0 Å². The lowest BCUT2D eigenvalue weighted by Crippen LogP contribution is -2.17. The number of unbranched alkanes of at least 4 members (excludes halogenated alkanes) is 1. The molecule has 0 aromatic heterocycles. The van der Waals surface area contributed by atoms with Gasteiger partial charge in [-0.2, -0.15) is 18.2 Å². The van der Waals surface area contributed by atoms with Crippen molar-refractivity contribution >= 4 is 54.9 Å². The van der Waals surface area contributed by atoms with E-state index in [1.807, 2.05) is 6.92 Å². The van der Waals surface area contributed by atoms with Crippen molar-refractivity contribution in [1.82, 2.24) is 9.55 Å². The minimum absolute atomic E-state index is 0.0124. The van der Waals surface area contributed by atoms with Crippen LogP contribution in [0.15, 0.2) is 42.6 Å². The molecule has 0 fully saturated rings. The highest BCUT2D eigenvalue weighted by molar-refractivity contribution is 9.10. The lowest BCUT2D eigenvalue weighted by molar-refractivity contribution is -0.174. The summed E-state index contributed by atoms with van der Waals surface area (Å²) < 4.78 is 72.0. The predicted octanol–water partition coefficient (Wildman–Crippen LogP) is 5.36. The van der Waals surface area contributed by atoms with Crippen LogP contribution in [-0.4, -0.2) is 43.1 Å². The Labute approximate surface area is 211 Å². The van der Waals surface area contributed by atoms with E-state index in [0.717, 1.165) is 9.35 Å². The molecular weight excluding hydrogens is 579 g/mol. The molecule has 3 rings (SSSR count). The summed E-state index contributed by atoms with van der Waals surface area (Å²) in [5.41, 5.74) is 0.410. The molecule has 2 aliphatic rings. The number of imidazole rings is 1. The number of fused-ring (bicyclic) bond motifs is 1. The summed E-state index contributed by atoms with van der Waals surface area (Å²) in [6.45, 7) is 2.31. The summed E-state index contributed by atoms with van der Waals surface area (Å²) in [7, 11) is -3.99. The van der Waals surface area contributed by atoms with E-state index in [0.29, 0.717) is 34.2 Å². The van der Waals surface area contributed by atoms with E-state index in [1.54, 1.807) is 19.1 Å². The number of rotatable bonds is 10. The first-order valence-corrected chi connectivity index (χ1v) is 14.1. The standard InChI is InChI=1S/C20H21BrF3N3O4S3/c1-12-13(2)33-18(32-10-4-3-9-31-11-20(22,23)24)16-17(25-19(28)27(12)16)26-34(29,30)15-7-5-14(21)6-8-15/h5-8H,3-4,9-11H2,1-2H3,(H,25,26,28). The van der Waals surface area contributed by atoms with Crippen LogP contribution in [0.25, 0.3) is 5.69 Å². The number of hydrogen-bond acceptors (Lipinski definition) is 7. The molecule has 14 heteroatoms. The van der Waals surface area contributed by atoms with E-state index in [1.165, 1.54) is 39.8 Å². The summed E-state index contributed by atoms with van der Waals surface area (Å²) >= 11 is 6.05. The molecule has 0 bridgehead atoms. The Hall–Kier alpha value is -1.61. The molecular formula is C20H21BrF3N3O4S3. The number of aryl methyl sites for hydroxylation is 1. The number of nitrogens with zero attached hydrogens (tertiary/aromatic N) is 2. The molecule has 1 aromatic rings. The SMILES string of the molecule is Cc1sc(SCCCCOCC(F)(F)F)c2c(NS(=O)(=O)c3ccc(Br)cc3)nc(=O)n-2c1C. The van der Waals surface area contributed by atoms with Crippen molar-refractivity contribution in [2.24, 2.45) is 0 Å². The van der Waals surface area contributed by atoms with Gasteiger partial charge in [0.25, 0.3) is 10.0 Å². The van der Waals surface area contributed by atoms with Crippen molar-refractivity contribution in [2.45, 2.75) is 42.0 Å². The number of sulfonamides is 1. The van der Waals surface area contributed by atoms with Crippen molar-refractivity contribution in [2.75, 3.05) is 23.7 Å². The first kappa shape index (κ1) is 27.0. The molecule has 1 N–H and O–H groups in total. The summed E-state index contributed by atoms with van der Waals surface area (Å²) in [5.74, 6) is 0.478. The van der Waals surface area contributed by atoms with Crippen LogP contribution in [0, 0.1) is 13.8 Å². The number of ether oxygens (including phenoxy) is 1. The Morgan fingerprint density at radius 3 is 2.53 bits per heavy atom. The number of halogens is 4. The molecule has 2 aliphatic heterocycles. The molecule has 7 nitrogen and oxygen atoms in total. The monoisotopic (exact) mass is 599 g/mol. The van der Waals surface area contributed by atoms with Crippen LogP contribution in [0.2, 0.25) is 0 Å². The minimum Gasteiger partial charge on any atom is -0.372 e. The Balaban J connectivity index is 1.80. The van der Waals surface area contributed by atoms with Gasteiger partial charge in [-0.3, -0.25) is 9.29 Å². The van der Waals surface area contributed by atoms with Gasteiger partial charge in [0.2, 0.25) is 0 Å². The van der Waals surface area contributed by atoms with Crippen molar-refractivity contribution < 1.29 is 26.3 Å². The second kappa shape index (κ2) is 11.0. The molecule has 2 heterocycles. The number of thioether (sulfide) groups is 1. The zero-order valence-corrected chi connectivity index (χ0v) is 22.1. The Morgan fingerprint density at radius 2 is 1.88 bits per heavy atom. The van der Waals surface area contributed by atoms with Gasteiger partial charge >= 0.3 is 11.9 Å². The highest BCUT2D eigenvalue weighted by atomic mass is 79.9. The van der Waals surface area contributed by atoms with Gasteiger partial charge in [0.05, 0.1) is 9.10 Å². The van der Waals surface area contributed by atoms with E-state index < -0.39 is 28.5 Å². The van der Waals surface area contributed by atoms with Crippen LogP contribution in [0.5, 0.6) is 0 Å². The predicted molar refractivity (Wildman–Crippen MR) is 130 cm³/mol. The van der Waals surface area contributed by atoms with Crippen LogP contribution < -0.4 is 10.4 Å². The number of benzene rings is 1. The number of anilines is 1. The molecule has 186 valence electrons. The fourth-order valence-electron chi connectivity index (χ4n) is 2.95. The second-order valence-electron chi connectivity index (χ2n) is 7.24. The average molecular weight is 601 g/mol. The smallest absolute Gasteiger partial charge is 0.372 e. The molecule has 0 unspecified atom stereocenters. The minimum atomic E-state index is -4.35. The van der Waals surface area contributed by atoms with Gasteiger partial charge in [0.15, 0.2) is 5.82 Å².